The number of imide groups is 1. The first kappa shape index (κ1) is 13.2. The van der Waals surface area contributed by atoms with Gasteiger partial charge in [0, 0.05) is 18.8 Å². The van der Waals surface area contributed by atoms with Crippen LogP contribution in [0.3, 0.4) is 0 Å². The van der Waals surface area contributed by atoms with Gasteiger partial charge in [0.15, 0.2) is 0 Å². The normalized spacial score (nSPS) is 18.4. The first-order valence-corrected chi connectivity index (χ1v) is 6.07. The predicted molar refractivity (Wildman–Crippen MR) is 69.1 cm³/mol. The van der Waals surface area contributed by atoms with Gasteiger partial charge in [0.25, 0.3) is 0 Å². The van der Waals surface area contributed by atoms with Crippen molar-refractivity contribution >= 4 is 17.6 Å². The van der Waals surface area contributed by atoms with Crippen molar-refractivity contribution in [3.63, 3.8) is 0 Å². The van der Waals surface area contributed by atoms with E-state index in [9.17, 15) is 9.59 Å². The van der Waals surface area contributed by atoms with E-state index in [0.29, 0.717) is 17.9 Å². The molecule has 1 atom stereocenters. The molecular weight excluding hydrogens is 244 g/mol. The number of hydrogen-bond donors (Lipinski definition) is 1. The maximum absolute atomic E-state index is 11.9. The van der Waals surface area contributed by atoms with Gasteiger partial charge in [-0.15, -0.1) is 0 Å². The van der Waals surface area contributed by atoms with Crippen molar-refractivity contribution in [3.05, 3.63) is 23.9 Å². The number of amides is 2. The Morgan fingerprint density at radius 2 is 2.26 bits per heavy atom. The van der Waals surface area contributed by atoms with E-state index < -0.39 is 0 Å². The van der Waals surface area contributed by atoms with Crippen LogP contribution in [0.5, 0.6) is 0 Å². The Labute approximate surface area is 111 Å². The average molecular weight is 258 g/mol. The molecule has 0 aliphatic carbocycles. The number of anilines is 1. The van der Waals surface area contributed by atoms with Crippen molar-refractivity contribution in [1.82, 2.24) is 4.98 Å². The standard InChI is InChI=1S/C14H14N2O3/c1-10-9-13(18)16(14(10)19)12-7-4-6-11(15-12)5-2-3-8-17/h4,6-7,10,17H,3,8-9H2,1H3. The maximum Gasteiger partial charge on any atom is 0.238 e. The first-order valence-electron chi connectivity index (χ1n) is 6.07. The van der Waals surface area contributed by atoms with Gasteiger partial charge >= 0.3 is 0 Å². The molecule has 1 saturated heterocycles. The fourth-order valence-corrected chi connectivity index (χ4v) is 1.85. The van der Waals surface area contributed by atoms with Crippen LogP contribution in [0.15, 0.2) is 18.2 Å². The van der Waals surface area contributed by atoms with Gasteiger partial charge in [-0.3, -0.25) is 9.59 Å². The molecule has 0 saturated carbocycles. The lowest BCUT2D eigenvalue weighted by Crippen LogP contribution is -2.30. The van der Waals surface area contributed by atoms with Crippen LogP contribution in [-0.4, -0.2) is 28.5 Å². The largest absolute Gasteiger partial charge is 0.395 e. The Hall–Kier alpha value is -2.19. The van der Waals surface area contributed by atoms with E-state index in [1.54, 1.807) is 25.1 Å². The molecule has 0 bridgehead atoms. The quantitative estimate of drug-likeness (QED) is 0.626. The molecule has 0 radical (unpaired) electrons. The highest BCUT2D eigenvalue weighted by molar-refractivity contribution is 6.20. The fourth-order valence-electron chi connectivity index (χ4n) is 1.85. The second kappa shape index (κ2) is 5.63. The van der Waals surface area contributed by atoms with Crippen LogP contribution < -0.4 is 4.90 Å². The lowest BCUT2D eigenvalue weighted by atomic mass is 10.1. The molecule has 1 aromatic rings. The van der Waals surface area contributed by atoms with E-state index in [0.717, 1.165) is 4.90 Å². The molecule has 5 heteroatoms. The predicted octanol–water partition coefficient (Wildman–Crippen LogP) is 0.715. The van der Waals surface area contributed by atoms with Crippen molar-refractivity contribution in [3.8, 4) is 11.8 Å². The zero-order valence-electron chi connectivity index (χ0n) is 10.6. The third kappa shape index (κ3) is 2.80. The van der Waals surface area contributed by atoms with Crippen LogP contribution in [0.4, 0.5) is 5.82 Å². The molecule has 1 unspecified atom stereocenters. The summed E-state index contributed by atoms with van der Waals surface area (Å²) < 4.78 is 0. The number of hydrogen-bond acceptors (Lipinski definition) is 4. The Morgan fingerprint density at radius 3 is 2.89 bits per heavy atom. The summed E-state index contributed by atoms with van der Waals surface area (Å²) in [6.07, 6.45) is 0.589. The Morgan fingerprint density at radius 1 is 1.47 bits per heavy atom. The molecule has 2 heterocycles. The Balaban J connectivity index is 2.27. The molecule has 1 aliphatic rings. The molecule has 5 nitrogen and oxygen atoms in total. The van der Waals surface area contributed by atoms with E-state index in [2.05, 4.69) is 16.8 Å². The smallest absolute Gasteiger partial charge is 0.238 e. The Kier molecular flexibility index (Phi) is 3.93. The van der Waals surface area contributed by atoms with Crippen molar-refractivity contribution in [1.29, 1.82) is 0 Å². The summed E-state index contributed by atoms with van der Waals surface area (Å²) in [7, 11) is 0. The van der Waals surface area contributed by atoms with E-state index in [-0.39, 0.29) is 30.8 Å². The number of nitrogens with zero attached hydrogens (tertiary/aromatic N) is 2. The molecule has 19 heavy (non-hydrogen) atoms. The molecular formula is C14H14N2O3. The van der Waals surface area contributed by atoms with Gasteiger partial charge in [-0.05, 0) is 18.1 Å². The third-order valence-corrected chi connectivity index (χ3v) is 2.79. The number of aromatic nitrogens is 1. The summed E-state index contributed by atoms with van der Waals surface area (Å²) in [5.41, 5.74) is 0.478. The van der Waals surface area contributed by atoms with Crippen molar-refractivity contribution in [2.45, 2.75) is 19.8 Å². The van der Waals surface area contributed by atoms with E-state index in [4.69, 9.17) is 5.11 Å². The third-order valence-electron chi connectivity index (χ3n) is 2.79. The lowest BCUT2D eigenvalue weighted by Gasteiger charge is -2.12. The number of aliphatic hydroxyl groups excluding tert-OH is 1. The summed E-state index contributed by atoms with van der Waals surface area (Å²) in [6, 6.07) is 5.02. The van der Waals surface area contributed by atoms with E-state index >= 15 is 0 Å². The van der Waals surface area contributed by atoms with Crippen LogP contribution in [0.1, 0.15) is 25.5 Å². The van der Waals surface area contributed by atoms with Gasteiger partial charge in [-0.1, -0.05) is 18.9 Å². The van der Waals surface area contributed by atoms with Crippen LogP contribution >= 0.6 is 0 Å². The highest BCUT2D eigenvalue weighted by atomic mass is 16.2. The highest BCUT2D eigenvalue weighted by Gasteiger charge is 2.37. The van der Waals surface area contributed by atoms with Crippen LogP contribution in [0, 0.1) is 17.8 Å². The molecule has 1 aromatic heterocycles. The topological polar surface area (TPSA) is 70.5 Å². The number of pyridine rings is 1. The zero-order chi connectivity index (χ0) is 13.8. The summed E-state index contributed by atoms with van der Waals surface area (Å²) in [5, 5.41) is 8.65. The summed E-state index contributed by atoms with van der Waals surface area (Å²) in [6.45, 7) is 1.72. The summed E-state index contributed by atoms with van der Waals surface area (Å²) in [5.74, 6) is 5.10. The van der Waals surface area contributed by atoms with Crippen molar-refractivity contribution < 1.29 is 14.7 Å². The molecule has 0 spiro atoms. The number of carbonyl (C=O) groups is 2. The van der Waals surface area contributed by atoms with Crippen LogP contribution in [-0.2, 0) is 9.59 Å². The lowest BCUT2D eigenvalue weighted by molar-refractivity contribution is -0.122. The maximum atomic E-state index is 11.9. The van der Waals surface area contributed by atoms with Gasteiger partial charge in [-0.2, -0.15) is 0 Å². The molecule has 1 N–H and O–H groups in total. The van der Waals surface area contributed by atoms with Crippen LogP contribution in [0.25, 0.3) is 0 Å². The SMILES string of the molecule is CC1CC(=O)N(c2cccc(C#CCCO)n2)C1=O. The van der Waals surface area contributed by atoms with Gasteiger partial charge < -0.3 is 5.11 Å². The second-order valence-corrected chi connectivity index (χ2v) is 4.33. The summed E-state index contributed by atoms with van der Waals surface area (Å²) >= 11 is 0. The minimum absolute atomic E-state index is 0.00664. The van der Waals surface area contributed by atoms with Crippen molar-refractivity contribution in [2.24, 2.45) is 5.92 Å². The summed E-state index contributed by atoms with van der Waals surface area (Å²) in [4.78, 5) is 29.0. The van der Waals surface area contributed by atoms with Gasteiger partial charge in [0.1, 0.15) is 11.5 Å². The zero-order valence-corrected chi connectivity index (χ0v) is 10.6. The first-order chi connectivity index (χ1) is 9.13. The minimum atomic E-state index is -0.293. The average Bonchev–Trinajstić information content (AvgIpc) is 2.64. The molecule has 0 aromatic carbocycles. The van der Waals surface area contributed by atoms with Gasteiger partial charge in [0.2, 0.25) is 11.8 Å². The molecule has 1 fully saturated rings. The van der Waals surface area contributed by atoms with Crippen molar-refractivity contribution in [2.75, 3.05) is 11.5 Å². The molecule has 2 rings (SSSR count). The number of rotatable bonds is 2. The minimum Gasteiger partial charge on any atom is -0.395 e. The van der Waals surface area contributed by atoms with Gasteiger partial charge in [0.05, 0.1) is 6.61 Å². The monoisotopic (exact) mass is 258 g/mol. The van der Waals surface area contributed by atoms with Crippen LogP contribution in [0.2, 0.25) is 0 Å². The Bertz CT molecular complexity index is 572. The highest BCUT2D eigenvalue weighted by Crippen LogP contribution is 2.24. The number of aliphatic hydroxyl groups is 1. The number of carbonyl (C=O) groups excluding carboxylic acids is 2. The molecule has 1 aliphatic heterocycles. The molecule has 2 amide bonds. The van der Waals surface area contributed by atoms with Gasteiger partial charge in [-0.25, -0.2) is 9.88 Å². The van der Waals surface area contributed by atoms with E-state index in [1.807, 2.05) is 0 Å². The fraction of sp³-hybridized carbons (Fsp3) is 0.357. The van der Waals surface area contributed by atoms with E-state index in [1.165, 1.54) is 0 Å². The second-order valence-electron chi connectivity index (χ2n) is 4.33. The molecule has 98 valence electrons.